The zero-order valence-electron chi connectivity index (χ0n) is 14.5. The third-order valence-corrected chi connectivity index (χ3v) is 4.56. The minimum absolute atomic E-state index is 0.0530. The summed E-state index contributed by atoms with van der Waals surface area (Å²) in [6.45, 7) is 2.14. The molecule has 4 rings (SSSR count). The molecule has 0 aliphatic carbocycles. The van der Waals surface area contributed by atoms with E-state index in [0.29, 0.717) is 13.1 Å². The van der Waals surface area contributed by atoms with Crippen LogP contribution in [0, 0.1) is 0 Å². The second kappa shape index (κ2) is 8.16. The van der Waals surface area contributed by atoms with Crippen LogP contribution in [0.25, 0.3) is 0 Å². The summed E-state index contributed by atoms with van der Waals surface area (Å²) in [5, 5.41) is 12.1. The first-order valence-corrected chi connectivity index (χ1v) is 8.91. The number of nitrogens with zero attached hydrogens (tertiary/aromatic N) is 5. The van der Waals surface area contributed by atoms with E-state index in [-0.39, 0.29) is 12.1 Å². The summed E-state index contributed by atoms with van der Waals surface area (Å²) < 4.78 is 7.85. The fourth-order valence-corrected chi connectivity index (χ4v) is 3.28. The van der Waals surface area contributed by atoms with Crippen LogP contribution in [-0.4, -0.2) is 37.6 Å². The molecule has 26 heavy (non-hydrogen) atoms. The SMILES string of the molecule is c1cncc(Cn2cc(CN[C@H]3CCCO[C@@H]3c3ccncc3)nn2)c1. The molecule has 0 amide bonds. The van der Waals surface area contributed by atoms with Gasteiger partial charge in [-0.05, 0) is 42.2 Å². The van der Waals surface area contributed by atoms with Gasteiger partial charge in [-0.25, -0.2) is 4.68 Å². The van der Waals surface area contributed by atoms with E-state index in [2.05, 4.69) is 25.6 Å². The highest BCUT2D eigenvalue weighted by Crippen LogP contribution is 2.28. The molecular weight excluding hydrogens is 328 g/mol. The van der Waals surface area contributed by atoms with Gasteiger partial charge in [0.1, 0.15) is 0 Å². The average Bonchev–Trinajstić information content (AvgIpc) is 3.15. The van der Waals surface area contributed by atoms with E-state index in [0.717, 1.165) is 36.3 Å². The highest BCUT2D eigenvalue weighted by Gasteiger charge is 2.27. The predicted octanol–water partition coefficient (Wildman–Crippen LogP) is 2.13. The van der Waals surface area contributed by atoms with Crippen molar-refractivity contribution in [3.8, 4) is 0 Å². The van der Waals surface area contributed by atoms with Crippen molar-refractivity contribution in [3.05, 3.63) is 72.1 Å². The number of rotatable bonds is 6. The van der Waals surface area contributed by atoms with Gasteiger partial charge in [-0.2, -0.15) is 0 Å². The van der Waals surface area contributed by atoms with Crippen molar-refractivity contribution in [3.63, 3.8) is 0 Å². The van der Waals surface area contributed by atoms with Crippen molar-refractivity contribution in [2.45, 2.75) is 38.1 Å². The minimum atomic E-state index is 0.0530. The third kappa shape index (κ3) is 4.12. The smallest absolute Gasteiger partial charge is 0.0978 e. The Balaban J connectivity index is 1.37. The van der Waals surface area contributed by atoms with Crippen molar-refractivity contribution in [1.82, 2.24) is 30.3 Å². The molecule has 1 fully saturated rings. The van der Waals surface area contributed by atoms with Crippen LogP contribution in [0.3, 0.4) is 0 Å². The lowest BCUT2D eigenvalue weighted by Gasteiger charge is -2.32. The van der Waals surface area contributed by atoms with E-state index in [9.17, 15) is 0 Å². The van der Waals surface area contributed by atoms with E-state index in [1.54, 1.807) is 6.20 Å². The van der Waals surface area contributed by atoms with Crippen LogP contribution in [0.15, 0.2) is 55.2 Å². The Morgan fingerprint density at radius 1 is 1.15 bits per heavy atom. The Bertz CT molecular complexity index is 807. The Kier molecular flexibility index (Phi) is 5.27. The van der Waals surface area contributed by atoms with Gasteiger partial charge in [0.15, 0.2) is 0 Å². The van der Waals surface area contributed by atoms with Crippen molar-refractivity contribution >= 4 is 0 Å². The van der Waals surface area contributed by atoms with Crippen LogP contribution >= 0.6 is 0 Å². The molecule has 134 valence electrons. The Morgan fingerprint density at radius 3 is 2.92 bits per heavy atom. The van der Waals surface area contributed by atoms with Crippen LogP contribution in [0.5, 0.6) is 0 Å². The van der Waals surface area contributed by atoms with Gasteiger partial charge in [0.2, 0.25) is 0 Å². The lowest BCUT2D eigenvalue weighted by molar-refractivity contribution is -0.0113. The van der Waals surface area contributed by atoms with Crippen molar-refractivity contribution in [2.75, 3.05) is 6.61 Å². The molecular formula is C19H22N6O. The monoisotopic (exact) mass is 350 g/mol. The minimum Gasteiger partial charge on any atom is -0.372 e. The Hall–Kier alpha value is -2.64. The van der Waals surface area contributed by atoms with Crippen LogP contribution in [0.4, 0.5) is 0 Å². The van der Waals surface area contributed by atoms with E-state index in [4.69, 9.17) is 4.74 Å². The third-order valence-electron chi connectivity index (χ3n) is 4.56. The molecule has 0 saturated carbocycles. The lowest BCUT2D eigenvalue weighted by atomic mass is 9.96. The van der Waals surface area contributed by atoms with Gasteiger partial charge in [-0.3, -0.25) is 9.97 Å². The van der Waals surface area contributed by atoms with E-state index >= 15 is 0 Å². The Morgan fingerprint density at radius 2 is 2.08 bits per heavy atom. The fourth-order valence-electron chi connectivity index (χ4n) is 3.28. The number of pyridine rings is 2. The van der Waals surface area contributed by atoms with Crippen LogP contribution in [0.2, 0.25) is 0 Å². The van der Waals surface area contributed by atoms with Crippen LogP contribution in [0.1, 0.15) is 35.8 Å². The van der Waals surface area contributed by atoms with Crippen molar-refractivity contribution in [2.24, 2.45) is 0 Å². The molecule has 0 unspecified atom stereocenters. The second-order valence-corrected chi connectivity index (χ2v) is 6.47. The molecule has 0 aromatic carbocycles. The number of nitrogens with one attached hydrogen (secondary N) is 1. The van der Waals surface area contributed by atoms with E-state index in [1.165, 1.54) is 0 Å². The van der Waals surface area contributed by atoms with Gasteiger partial charge in [0.05, 0.1) is 24.5 Å². The zero-order valence-corrected chi connectivity index (χ0v) is 14.5. The van der Waals surface area contributed by atoms with Crippen molar-refractivity contribution in [1.29, 1.82) is 0 Å². The molecule has 3 aromatic heterocycles. The maximum absolute atomic E-state index is 6.01. The quantitative estimate of drug-likeness (QED) is 0.734. The maximum Gasteiger partial charge on any atom is 0.0978 e. The van der Waals surface area contributed by atoms with Crippen LogP contribution < -0.4 is 5.32 Å². The van der Waals surface area contributed by atoms with Gasteiger partial charge in [0, 0.05) is 44.0 Å². The molecule has 1 aliphatic rings. The largest absolute Gasteiger partial charge is 0.372 e. The number of aromatic nitrogens is 5. The van der Waals surface area contributed by atoms with Crippen LogP contribution in [-0.2, 0) is 17.8 Å². The lowest BCUT2D eigenvalue weighted by Crippen LogP contribution is -2.39. The summed E-state index contributed by atoms with van der Waals surface area (Å²) in [5.41, 5.74) is 3.20. The average molecular weight is 350 g/mol. The standard InChI is InChI=1S/C19H22N6O/c1-3-15(11-21-7-1)13-25-14-17(23-24-25)12-22-18-4-2-10-26-19(18)16-5-8-20-9-6-16/h1,3,5-9,11,14,18-19,22H,2,4,10,12-13H2/t18-,19+/m0/s1. The molecule has 3 aromatic rings. The van der Waals surface area contributed by atoms with Gasteiger partial charge in [0.25, 0.3) is 0 Å². The first-order chi connectivity index (χ1) is 12.9. The summed E-state index contributed by atoms with van der Waals surface area (Å²) >= 11 is 0. The maximum atomic E-state index is 6.01. The number of hydrogen-bond acceptors (Lipinski definition) is 6. The fraction of sp³-hybridized carbons (Fsp3) is 0.368. The van der Waals surface area contributed by atoms with E-state index in [1.807, 2.05) is 53.7 Å². The van der Waals surface area contributed by atoms with E-state index < -0.39 is 0 Å². The molecule has 7 heteroatoms. The molecule has 1 saturated heterocycles. The predicted molar refractivity (Wildman–Crippen MR) is 96.2 cm³/mol. The number of ether oxygens (including phenoxy) is 1. The van der Waals surface area contributed by atoms with Gasteiger partial charge in [-0.1, -0.05) is 11.3 Å². The molecule has 0 radical (unpaired) electrons. The first-order valence-electron chi connectivity index (χ1n) is 8.91. The molecule has 0 bridgehead atoms. The number of hydrogen-bond donors (Lipinski definition) is 1. The molecule has 0 spiro atoms. The summed E-state index contributed by atoms with van der Waals surface area (Å²) in [4.78, 5) is 8.22. The Labute approximate surface area is 152 Å². The zero-order chi connectivity index (χ0) is 17.6. The van der Waals surface area contributed by atoms with Gasteiger partial charge < -0.3 is 10.1 Å². The molecule has 2 atom stereocenters. The van der Waals surface area contributed by atoms with Gasteiger partial charge in [-0.15, -0.1) is 5.10 Å². The summed E-state index contributed by atoms with van der Waals surface area (Å²) in [6, 6.07) is 8.26. The molecule has 7 nitrogen and oxygen atoms in total. The molecule has 4 heterocycles. The highest BCUT2D eigenvalue weighted by atomic mass is 16.5. The highest BCUT2D eigenvalue weighted by molar-refractivity contribution is 5.16. The molecule has 1 N–H and O–H groups in total. The normalized spacial score (nSPS) is 20.2. The summed E-state index contributed by atoms with van der Waals surface area (Å²) in [5.74, 6) is 0. The second-order valence-electron chi connectivity index (χ2n) is 6.47. The van der Waals surface area contributed by atoms with Crippen molar-refractivity contribution < 1.29 is 4.74 Å². The first kappa shape index (κ1) is 16.8. The topological polar surface area (TPSA) is 77.8 Å². The van der Waals surface area contributed by atoms with Gasteiger partial charge >= 0.3 is 0 Å². The molecule has 1 aliphatic heterocycles. The summed E-state index contributed by atoms with van der Waals surface area (Å²) in [7, 11) is 0. The summed E-state index contributed by atoms with van der Waals surface area (Å²) in [6.07, 6.45) is 11.4.